The van der Waals surface area contributed by atoms with E-state index in [9.17, 15) is 14.4 Å². The first-order chi connectivity index (χ1) is 17.0. The Labute approximate surface area is 206 Å². The van der Waals surface area contributed by atoms with Crippen molar-refractivity contribution in [3.05, 3.63) is 59.7 Å². The molecule has 0 saturated heterocycles. The number of unbranched alkanes of at least 4 members (excludes halogenated alkanes) is 4. The first-order valence-corrected chi connectivity index (χ1v) is 12.6. The normalized spacial score (nSPS) is 17.8. The summed E-state index contributed by atoms with van der Waals surface area (Å²) in [5.41, 5.74) is 4.83. The molecule has 7 heteroatoms. The van der Waals surface area contributed by atoms with Crippen LogP contribution in [0.3, 0.4) is 0 Å². The second-order valence-corrected chi connectivity index (χ2v) is 9.51. The number of carbonyl (C=O) groups excluding carboxylic acids is 2. The van der Waals surface area contributed by atoms with Crippen LogP contribution in [0.1, 0.15) is 62.0 Å². The Morgan fingerprint density at radius 2 is 1.49 bits per heavy atom. The predicted molar refractivity (Wildman–Crippen MR) is 133 cm³/mol. The molecular formula is C28H34N2O5. The maximum absolute atomic E-state index is 12.2. The van der Waals surface area contributed by atoms with Crippen molar-refractivity contribution in [2.45, 2.75) is 50.9 Å². The Bertz CT molecular complexity index is 1010. The molecule has 2 amide bonds. The largest absolute Gasteiger partial charge is 0.481 e. The topological polar surface area (TPSA) is 105 Å². The summed E-state index contributed by atoms with van der Waals surface area (Å²) >= 11 is 0. The molecule has 2 aliphatic carbocycles. The van der Waals surface area contributed by atoms with E-state index in [4.69, 9.17) is 9.84 Å². The fraction of sp³-hybridized carbons (Fsp3) is 0.464. The molecular weight excluding hydrogens is 444 g/mol. The van der Waals surface area contributed by atoms with Gasteiger partial charge in [-0.1, -0.05) is 67.8 Å². The number of carboxylic acid groups (broad SMARTS) is 1. The molecule has 35 heavy (non-hydrogen) atoms. The lowest BCUT2D eigenvalue weighted by Crippen LogP contribution is -2.27. The summed E-state index contributed by atoms with van der Waals surface area (Å²) in [5, 5.41) is 14.5. The molecule has 2 aromatic rings. The van der Waals surface area contributed by atoms with Crippen molar-refractivity contribution in [2.75, 3.05) is 19.7 Å². The molecule has 2 atom stereocenters. The number of benzene rings is 2. The highest BCUT2D eigenvalue weighted by Crippen LogP contribution is 2.44. The van der Waals surface area contributed by atoms with Gasteiger partial charge in [0, 0.05) is 25.4 Å². The molecule has 0 aromatic heterocycles. The number of aliphatic carboxylic acids is 1. The van der Waals surface area contributed by atoms with E-state index in [0.717, 1.165) is 32.1 Å². The lowest BCUT2D eigenvalue weighted by atomic mass is 9.98. The van der Waals surface area contributed by atoms with Crippen LogP contribution in [0.4, 0.5) is 4.79 Å². The van der Waals surface area contributed by atoms with Crippen LogP contribution >= 0.6 is 0 Å². The minimum Gasteiger partial charge on any atom is -0.481 e. The van der Waals surface area contributed by atoms with E-state index in [1.165, 1.54) is 22.3 Å². The Balaban J connectivity index is 1.03. The number of carboxylic acids is 1. The maximum atomic E-state index is 12.2. The molecule has 1 saturated carbocycles. The van der Waals surface area contributed by atoms with E-state index in [2.05, 4.69) is 34.9 Å². The molecule has 2 aliphatic rings. The smallest absolute Gasteiger partial charge is 0.407 e. The third-order valence-electron chi connectivity index (χ3n) is 6.99. The SMILES string of the molecule is O=C(CCCCCCCNC(=O)OCC1c2ccccc2-c2ccccc21)NC[C@@H]1C[C@@H]1C(=O)O. The van der Waals surface area contributed by atoms with Gasteiger partial charge in [0.1, 0.15) is 6.61 Å². The van der Waals surface area contributed by atoms with Gasteiger partial charge >= 0.3 is 12.1 Å². The second-order valence-electron chi connectivity index (χ2n) is 9.51. The molecule has 0 aliphatic heterocycles. The highest BCUT2D eigenvalue weighted by atomic mass is 16.5. The van der Waals surface area contributed by atoms with E-state index in [0.29, 0.717) is 32.5 Å². The molecule has 2 aromatic carbocycles. The van der Waals surface area contributed by atoms with Crippen LogP contribution in [0.25, 0.3) is 11.1 Å². The number of ether oxygens (including phenoxy) is 1. The summed E-state index contributed by atoms with van der Waals surface area (Å²) in [7, 11) is 0. The number of rotatable bonds is 13. The average molecular weight is 479 g/mol. The first kappa shape index (κ1) is 24.8. The van der Waals surface area contributed by atoms with Gasteiger partial charge in [0.2, 0.25) is 5.91 Å². The Morgan fingerprint density at radius 1 is 0.857 bits per heavy atom. The zero-order valence-corrected chi connectivity index (χ0v) is 20.0. The fourth-order valence-corrected chi connectivity index (χ4v) is 4.89. The summed E-state index contributed by atoms with van der Waals surface area (Å²) < 4.78 is 5.55. The summed E-state index contributed by atoms with van der Waals surface area (Å²) in [4.78, 5) is 34.8. The van der Waals surface area contributed by atoms with Gasteiger partial charge in [0.15, 0.2) is 0 Å². The van der Waals surface area contributed by atoms with Crippen molar-refractivity contribution in [2.24, 2.45) is 11.8 Å². The fourth-order valence-electron chi connectivity index (χ4n) is 4.89. The molecule has 3 N–H and O–H groups in total. The van der Waals surface area contributed by atoms with E-state index in [1.807, 2.05) is 24.3 Å². The van der Waals surface area contributed by atoms with Crippen molar-refractivity contribution < 1.29 is 24.2 Å². The quantitative estimate of drug-likeness (QED) is 0.362. The van der Waals surface area contributed by atoms with Crippen LogP contribution in [0.5, 0.6) is 0 Å². The third-order valence-corrected chi connectivity index (χ3v) is 6.99. The molecule has 0 radical (unpaired) electrons. The monoisotopic (exact) mass is 478 g/mol. The Kier molecular flexibility index (Phi) is 8.40. The molecule has 1 fully saturated rings. The predicted octanol–water partition coefficient (Wildman–Crippen LogP) is 4.70. The number of nitrogens with one attached hydrogen (secondary N) is 2. The molecule has 7 nitrogen and oxygen atoms in total. The average Bonchev–Trinajstić information content (AvgIpc) is 3.59. The van der Waals surface area contributed by atoms with Crippen molar-refractivity contribution in [3.63, 3.8) is 0 Å². The van der Waals surface area contributed by atoms with Crippen molar-refractivity contribution in [3.8, 4) is 11.1 Å². The lowest BCUT2D eigenvalue weighted by Gasteiger charge is -2.14. The molecule has 0 bridgehead atoms. The number of alkyl carbamates (subject to hydrolysis) is 1. The number of fused-ring (bicyclic) bond motifs is 3. The number of carbonyl (C=O) groups is 3. The van der Waals surface area contributed by atoms with Gasteiger partial charge in [0.25, 0.3) is 0 Å². The third kappa shape index (κ3) is 6.62. The Hall–Kier alpha value is -3.35. The van der Waals surface area contributed by atoms with Gasteiger partial charge in [-0.2, -0.15) is 0 Å². The van der Waals surface area contributed by atoms with Crippen LogP contribution in [0.15, 0.2) is 48.5 Å². The first-order valence-electron chi connectivity index (χ1n) is 12.6. The zero-order chi connectivity index (χ0) is 24.6. The number of hydrogen-bond acceptors (Lipinski definition) is 4. The second kappa shape index (κ2) is 11.9. The number of amides is 2. The lowest BCUT2D eigenvalue weighted by molar-refractivity contribution is -0.139. The van der Waals surface area contributed by atoms with Crippen molar-refractivity contribution >= 4 is 18.0 Å². The molecule has 0 heterocycles. The highest BCUT2D eigenvalue weighted by Gasteiger charge is 2.42. The van der Waals surface area contributed by atoms with Gasteiger partial charge in [-0.3, -0.25) is 9.59 Å². The van der Waals surface area contributed by atoms with Gasteiger partial charge in [-0.15, -0.1) is 0 Å². The van der Waals surface area contributed by atoms with Crippen LogP contribution in [0.2, 0.25) is 0 Å². The Morgan fingerprint density at radius 3 is 2.14 bits per heavy atom. The van der Waals surface area contributed by atoms with E-state index < -0.39 is 5.97 Å². The minimum atomic E-state index is -0.766. The van der Waals surface area contributed by atoms with E-state index in [1.54, 1.807) is 0 Å². The van der Waals surface area contributed by atoms with Gasteiger partial charge in [-0.25, -0.2) is 4.79 Å². The maximum Gasteiger partial charge on any atom is 0.407 e. The molecule has 186 valence electrons. The van der Waals surface area contributed by atoms with Crippen molar-refractivity contribution in [1.82, 2.24) is 10.6 Å². The van der Waals surface area contributed by atoms with Gasteiger partial charge in [-0.05, 0) is 47.4 Å². The van der Waals surface area contributed by atoms with E-state index >= 15 is 0 Å². The van der Waals surface area contributed by atoms with Crippen molar-refractivity contribution in [1.29, 1.82) is 0 Å². The summed E-state index contributed by atoms with van der Waals surface area (Å²) in [5.74, 6) is -0.888. The molecule has 0 unspecified atom stereocenters. The number of hydrogen-bond donors (Lipinski definition) is 3. The van der Waals surface area contributed by atoms with Crippen LogP contribution in [-0.4, -0.2) is 42.8 Å². The summed E-state index contributed by atoms with van der Waals surface area (Å²) in [6.45, 7) is 1.36. The standard InChI is InChI=1S/C28H34N2O5/c31-26(30-17-19-16-24(19)27(32)33)14-4-2-1-3-9-15-29-28(34)35-18-25-22-12-7-5-10-20(22)21-11-6-8-13-23(21)25/h5-8,10-13,19,24-25H,1-4,9,14-18H2,(H,29,34)(H,30,31)(H,32,33)/t19-,24-/m0/s1. The summed E-state index contributed by atoms with van der Waals surface area (Å²) in [6, 6.07) is 16.6. The van der Waals surface area contributed by atoms with Gasteiger partial charge < -0.3 is 20.5 Å². The molecule has 4 rings (SSSR count). The van der Waals surface area contributed by atoms with Crippen LogP contribution in [0, 0.1) is 11.8 Å². The zero-order valence-electron chi connectivity index (χ0n) is 20.0. The highest BCUT2D eigenvalue weighted by molar-refractivity contribution is 5.79. The summed E-state index contributed by atoms with van der Waals surface area (Å²) in [6.07, 6.45) is 5.38. The van der Waals surface area contributed by atoms with E-state index in [-0.39, 0.29) is 29.8 Å². The van der Waals surface area contributed by atoms with Crippen LogP contribution in [-0.2, 0) is 14.3 Å². The van der Waals surface area contributed by atoms with Gasteiger partial charge in [0.05, 0.1) is 5.92 Å². The van der Waals surface area contributed by atoms with Crippen LogP contribution < -0.4 is 10.6 Å². The minimum absolute atomic E-state index is 0.00189. The molecule has 0 spiro atoms.